The number of carbonyl (C=O) groups is 2. The third kappa shape index (κ3) is 5.50. The Hall–Kier alpha value is -3.50. The average molecular weight is 401 g/mol. The van der Waals surface area contributed by atoms with Crippen LogP contribution in [-0.4, -0.2) is 30.7 Å². The number of rotatable bonds is 7. The maximum Gasteiger partial charge on any atom is 0.341 e. The minimum Gasteiger partial charge on any atom is -0.493 e. The highest BCUT2D eigenvalue weighted by Crippen LogP contribution is 2.29. The van der Waals surface area contributed by atoms with Gasteiger partial charge in [-0.2, -0.15) is 5.26 Å². The number of hydrogen-bond donors (Lipinski definition) is 2. The number of nitrogens with zero attached hydrogens (tertiary/aromatic N) is 1. The molecule has 0 heterocycles. The first kappa shape index (κ1) is 20.8. The zero-order valence-electron chi connectivity index (χ0n) is 15.2. The molecule has 8 heteroatoms. The Labute approximate surface area is 166 Å². The predicted octanol–water partition coefficient (Wildman–Crippen LogP) is 3.67. The highest BCUT2D eigenvalue weighted by molar-refractivity contribution is 6.31. The van der Waals surface area contributed by atoms with E-state index in [1.165, 1.54) is 25.3 Å². The number of methoxy groups -OCH3 is 1. The van der Waals surface area contributed by atoms with Crippen LogP contribution in [0.5, 0.6) is 11.5 Å². The molecule has 0 aliphatic heterocycles. The van der Waals surface area contributed by atoms with Crippen LogP contribution in [0.15, 0.2) is 42.0 Å². The number of aryl methyl sites for hydroxylation is 1. The zero-order chi connectivity index (χ0) is 20.7. The van der Waals surface area contributed by atoms with E-state index >= 15 is 0 Å². The van der Waals surface area contributed by atoms with Gasteiger partial charge in [0, 0.05) is 10.7 Å². The molecule has 2 rings (SSSR count). The van der Waals surface area contributed by atoms with Crippen LogP contribution in [0, 0.1) is 18.3 Å². The number of hydrogen-bond acceptors (Lipinski definition) is 5. The summed E-state index contributed by atoms with van der Waals surface area (Å²) < 4.78 is 10.3. The molecule has 144 valence electrons. The normalized spacial score (nSPS) is 10.7. The highest BCUT2D eigenvalue weighted by atomic mass is 35.5. The molecule has 0 spiro atoms. The SMILES string of the molecule is COc1cc(C=C(C#N)C(=O)Nc2ccc(C)c(Cl)c2)ccc1OCC(=O)O. The number of nitrogens with one attached hydrogen (secondary N) is 1. The fraction of sp³-hybridized carbons (Fsp3) is 0.150. The zero-order valence-corrected chi connectivity index (χ0v) is 15.9. The number of halogens is 1. The van der Waals surface area contributed by atoms with Crippen molar-refractivity contribution in [1.82, 2.24) is 0 Å². The lowest BCUT2D eigenvalue weighted by atomic mass is 10.1. The van der Waals surface area contributed by atoms with Gasteiger partial charge in [-0.15, -0.1) is 0 Å². The molecule has 0 unspecified atom stereocenters. The number of carbonyl (C=O) groups excluding carboxylic acids is 1. The summed E-state index contributed by atoms with van der Waals surface area (Å²) >= 11 is 6.04. The van der Waals surface area contributed by atoms with Gasteiger partial charge in [0.25, 0.3) is 5.91 Å². The summed E-state index contributed by atoms with van der Waals surface area (Å²) in [6.45, 7) is 1.32. The molecule has 0 fully saturated rings. The van der Waals surface area contributed by atoms with Gasteiger partial charge in [0.05, 0.1) is 7.11 Å². The van der Waals surface area contributed by atoms with Crippen LogP contribution >= 0.6 is 11.6 Å². The Morgan fingerprint density at radius 1 is 1.25 bits per heavy atom. The number of anilines is 1. The van der Waals surface area contributed by atoms with Crippen LogP contribution in [0.3, 0.4) is 0 Å². The molecule has 2 aromatic rings. The van der Waals surface area contributed by atoms with Crippen molar-refractivity contribution in [1.29, 1.82) is 5.26 Å². The first-order valence-electron chi connectivity index (χ1n) is 8.06. The van der Waals surface area contributed by atoms with E-state index < -0.39 is 18.5 Å². The Balaban J connectivity index is 2.22. The summed E-state index contributed by atoms with van der Waals surface area (Å²) in [7, 11) is 1.40. The van der Waals surface area contributed by atoms with Gasteiger partial charge in [-0.25, -0.2) is 4.79 Å². The number of aliphatic carboxylic acids is 1. The van der Waals surface area contributed by atoms with Gasteiger partial charge in [-0.05, 0) is 48.4 Å². The number of nitriles is 1. The predicted molar refractivity (Wildman–Crippen MR) is 105 cm³/mol. The van der Waals surface area contributed by atoms with E-state index in [0.717, 1.165) is 5.56 Å². The minimum absolute atomic E-state index is 0.127. The molecule has 2 N–H and O–H groups in total. The maximum absolute atomic E-state index is 12.4. The minimum atomic E-state index is -1.12. The number of ether oxygens (including phenoxy) is 2. The average Bonchev–Trinajstić information content (AvgIpc) is 2.67. The van der Waals surface area contributed by atoms with Crippen molar-refractivity contribution < 1.29 is 24.2 Å². The summed E-state index contributed by atoms with van der Waals surface area (Å²) in [5.41, 5.74) is 1.72. The number of amides is 1. The summed E-state index contributed by atoms with van der Waals surface area (Å²) in [5.74, 6) is -1.20. The molecular weight excluding hydrogens is 384 g/mol. The molecule has 0 saturated carbocycles. The lowest BCUT2D eigenvalue weighted by molar-refractivity contribution is -0.139. The van der Waals surface area contributed by atoms with Crippen LogP contribution in [0.2, 0.25) is 5.02 Å². The van der Waals surface area contributed by atoms with E-state index in [2.05, 4.69) is 5.32 Å². The molecule has 0 atom stereocenters. The summed E-state index contributed by atoms with van der Waals surface area (Å²) in [4.78, 5) is 23.0. The topological polar surface area (TPSA) is 109 Å². The molecule has 0 aliphatic rings. The molecule has 2 aromatic carbocycles. The second-order valence-electron chi connectivity index (χ2n) is 5.68. The molecular formula is C20H17ClN2O5. The van der Waals surface area contributed by atoms with Gasteiger partial charge in [-0.1, -0.05) is 23.7 Å². The van der Waals surface area contributed by atoms with E-state index in [-0.39, 0.29) is 17.1 Å². The van der Waals surface area contributed by atoms with Crippen molar-refractivity contribution in [2.24, 2.45) is 0 Å². The highest BCUT2D eigenvalue weighted by Gasteiger charge is 2.12. The molecule has 0 radical (unpaired) electrons. The van der Waals surface area contributed by atoms with Crippen molar-refractivity contribution in [3.8, 4) is 17.6 Å². The van der Waals surface area contributed by atoms with Crippen LogP contribution in [0.4, 0.5) is 5.69 Å². The molecule has 0 bridgehead atoms. The Morgan fingerprint density at radius 2 is 2.00 bits per heavy atom. The van der Waals surface area contributed by atoms with Gasteiger partial charge < -0.3 is 19.9 Å². The van der Waals surface area contributed by atoms with Crippen LogP contribution in [-0.2, 0) is 9.59 Å². The van der Waals surface area contributed by atoms with E-state index in [4.69, 9.17) is 26.2 Å². The third-order valence-corrected chi connectivity index (χ3v) is 4.05. The summed E-state index contributed by atoms with van der Waals surface area (Å²) in [6, 6.07) is 11.5. The fourth-order valence-electron chi connectivity index (χ4n) is 2.22. The van der Waals surface area contributed by atoms with Gasteiger partial charge in [0.1, 0.15) is 11.6 Å². The quantitative estimate of drug-likeness (QED) is 0.542. The number of carboxylic acids is 1. The Morgan fingerprint density at radius 3 is 2.61 bits per heavy atom. The molecule has 1 amide bonds. The van der Waals surface area contributed by atoms with Crippen molar-refractivity contribution >= 4 is 35.2 Å². The lowest BCUT2D eigenvalue weighted by Crippen LogP contribution is -2.13. The van der Waals surface area contributed by atoms with E-state index in [9.17, 15) is 14.9 Å². The molecule has 0 aromatic heterocycles. The number of carboxylic acid groups (broad SMARTS) is 1. The van der Waals surface area contributed by atoms with E-state index in [0.29, 0.717) is 16.3 Å². The third-order valence-electron chi connectivity index (χ3n) is 3.64. The van der Waals surface area contributed by atoms with Crippen LogP contribution in [0.25, 0.3) is 6.08 Å². The van der Waals surface area contributed by atoms with Crippen molar-refractivity contribution in [3.05, 3.63) is 58.1 Å². The monoisotopic (exact) mass is 400 g/mol. The van der Waals surface area contributed by atoms with Gasteiger partial charge in [-0.3, -0.25) is 4.79 Å². The smallest absolute Gasteiger partial charge is 0.341 e. The molecule has 7 nitrogen and oxygen atoms in total. The molecule has 0 aliphatic carbocycles. The van der Waals surface area contributed by atoms with Gasteiger partial charge >= 0.3 is 5.97 Å². The molecule has 0 saturated heterocycles. The standard InChI is InChI=1S/C20H17ClN2O5/c1-12-3-5-15(9-16(12)21)23-20(26)14(10-22)7-13-4-6-17(18(8-13)27-2)28-11-19(24)25/h3-9H,11H2,1-2H3,(H,23,26)(H,24,25). The second kappa shape index (κ2) is 9.44. The van der Waals surface area contributed by atoms with Crippen molar-refractivity contribution in [2.75, 3.05) is 19.0 Å². The van der Waals surface area contributed by atoms with Gasteiger partial charge in [0.2, 0.25) is 0 Å². The number of benzene rings is 2. The van der Waals surface area contributed by atoms with Crippen LogP contribution < -0.4 is 14.8 Å². The Kier molecular flexibility index (Phi) is 7.02. The molecule has 28 heavy (non-hydrogen) atoms. The van der Waals surface area contributed by atoms with Crippen LogP contribution in [0.1, 0.15) is 11.1 Å². The second-order valence-corrected chi connectivity index (χ2v) is 6.09. The van der Waals surface area contributed by atoms with E-state index in [1.807, 2.05) is 13.0 Å². The first-order chi connectivity index (χ1) is 13.3. The van der Waals surface area contributed by atoms with Crippen molar-refractivity contribution in [3.63, 3.8) is 0 Å². The van der Waals surface area contributed by atoms with Gasteiger partial charge in [0.15, 0.2) is 18.1 Å². The summed E-state index contributed by atoms with van der Waals surface area (Å²) in [6.07, 6.45) is 1.38. The first-order valence-corrected chi connectivity index (χ1v) is 8.43. The fourth-order valence-corrected chi connectivity index (χ4v) is 2.40. The largest absolute Gasteiger partial charge is 0.493 e. The van der Waals surface area contributed by atoms with Crippen molar-refractivity contribution in [2.45, 2.75) is 6.92 Å². The van der Waals surface area contributed by atoms with E-state index in [1.54, 1.807) is 24.3 Å². The maximum atomic E-state index is 12.4. The summed E-state index contributed by atoms with van der Waals surface area (Å²) in [5, 5.41) is 21.1. The lowest BCUT2D eigenvalue weighted by Gasteiger charge is -2.10. The Bertz CT molecular complexity index is 979.